The van der Waals surface area contributed by atoms with Crippen LogP contribution in [-0.2, 0) is 12.7 Å². The molecule has 2 heterocycles. The maximum absolute atomic E-state index is 13.0. The minimum absolute atomic E-state index is 0.0194. The molecular formula is C14H10F3N3S. The molecule has 0 spiro atoms. The van der Waals surface area contributed by atoms with E-state index in [2.05, 4.69) is 9.97 Å². The number of H-pyrrole nitrogens is 1. The lowest BCUT2D eigenvalue weighted by Crippen LogP contribution is -2.11. The largest absolute Gasteiger partial charge is 0.416 e. The molecule has 0 fully saturated rings. The van der Waals surface area contributed by atoms with Crippen molar-refractivity contribution in [3.05, 3.63) is 58.5 Å². The van der Waals surface area contributed by atoms with Gasteiger partial charge in [-0.25, -0.2) is 4.98 Å². The number of rotatable bonds is 2. The lowest BCUT2D eigenvalue weighted by Gasteiger charge is -2.13. The standard InChI is InChI=1S/C14H10F3N3S/c15-14(16,17)10-5-2-1-4-9(10)8-20-12-11(19-13(20)21)6-3-7-18-12/h1-7H,8H2,(H,19,21). The summed E-state index contributed by atoms with van der Waals surface area (Å²) in [4.78, 5) is 7.11. The van der Waals surface area contributed by atoms with E-state index in [1.807, 2.05) is 0 Å². The molecule has 2 aromatic heterocycles. The topological polar surface area (TPSA) is 33.6 Å². The summed E-state index contributed by atoms with van der Waals surface area (Å²) in [6.07, 6.45) is -2.81. The first-order chi connectivity index (χ1) is 9.97. The van der Waals surface area contributed by atoms with Crippen molar-refractivity contribution in [2.24, 2.45) is 0 Å². The lowest BCUT2D eigenvalue weighted by atomic mass is 10.1. The zero-order chi connectivity index (χ0) is 15.0. The van der Waals surface area contributed by atoms with Gasteiger partial charge in [0.15, 0.2) is 10.4 Å². The first-order valence-corrected chi connectivity index (χ1v) is 6.56. The van der Waals surface area contributed by atoms with Gasteiger partial charge in [-0.05, 0) is 36.0 Å². The Balaban J connectivity index is 2.12. The van der Waals surface area contributed by atoms with Crippen LogP contribution in [0.5, 0.6) is 0 Å². The summed E-state index contributed by atoms with van der Waals surface area (Å²) in [5.74, 6) is 0. The van der Waals surface area contributed by atoms with Crippen LogP contribution in [-0.4, -0.2) is 14.5 Å². The number of halogens is 3. The molecular weight excluding hydrogens is 299 g/mol. The fraction of sp³-hybridized carbons (Fsp3) is 0.143. The first kappa shape index (κ1) is 13.8. The number of hydrogen-bond donors (Lipinski definition) is 1. The second-order valence-electron chi connectivity index (χ2n) is 4.55. The van der Waals surface area contributed by atoms with Crippen molar-refractivity contribution in [3.8, 4) is 0 Å². The minimum Gasteiger partial charge on any atom is -0.329 e. The summed E-state index contributed by atoms with van der Waals surface area (Å²) in [6.45, 7) is 0.0194. The molecule has 0 unspecified atom stereocenters. The maximum atomic E-state index is 13.0. The van der Waals surface area contributed by atoms with E-state index in [-0.39, 0.29) is 12.1 Å². The van der Waals surface area contributed by atoms with Crippen LogP contribution in [0.25, 0.3) is 11.2 Å². The van der Waals surface area contributed by atoms with Gasteiger partial charge in [-0.2, -0.15) is 13.2 Å². The van der Waals surface area contributed by atoms with Gasteiger partial charge < -0.3 is 4.98 Å². The molecule has 0 aliphatic rings. The molecule has 3 nitrogen and oxygen atoms in total. The predicted octanol–water partition coefficient (Wildman–Crippen LogP) is 4.16. The van der Waals surface area contributed by atoms with Gasteiger partial charge in [0.1, 0.15) is 0 Å². The highest BCUT2D eigenvalue weighted by Gasteiger charge is 2.33. The number of pyridine rings is 1. The molecule has 0 radical (unpaired) electrons. The van der Waals surface area contributed by atoms with Crippen LogP contribution in [0, 0.1) is 4.77 Å². The number of nitrogens with one attached hydrogen (secondary N) is 1. The van der Waals surface area contributed by atoms with Gasteiger partial charge in [-0.3, -0.25) is 4.57 Å². The van der Waals surface area contributed by atoms with E-state index in [9.17, 15) is 13.2 Å². The predicted molar refractivity (Wildman–Crippen MR) is 75.5 cm³/mol. The number of benzene rings is 1. The number of fused-ring (bicyclic) bond motifs is 1. The van der Waals surface area contributed by atoms with Crippen molar-refractivity contribution in [1.82, 2.24) is 14.5 Å². The number of aromatic amines is 1. The van der Waals surface area contributed by atoms with Gasteiger partial charge in [0.2, 0.25) is 0 Å². The van der Waals surface area contributed by atoms with Gasteiger partial charge in [-0.15, -0.1) is 0 Å². The Morgan fingerprint density at radius 1 is 1.14 bits per heavy atom. The van der Waals surface area contributed by atoms with Crippen LogP contribution < -0.4 is 0 Å². The molecule has 3 rings (SSSR count). The van der Waals surface area contributed by atoms with E-state index in [1.54, 1.807) is 29.0 Å². The zero-order valence-electron chi connectivity index (χ0n) is 10.7. The summed E-state index contributed by atoms with van der Waals surface area (Å²) < 4.78 is 41.0. The van der Waals surface area contributed by atoms with E-state index in [4.69, 9.17) is 12.2 Å². The summed E-state index contributed by atoms with van der Waals surface area (Å²) in [6, 6.07) is 9.00. The zero-order valence-corrected chi connectivity index (χ0v) is 11.5. The Bertz CT molecular complexity index is 848. The average molecular weight is 309 g/mol. The van der Waals surface area contributed by atoms with Crippen LogP contribution >= 0.6 is 12.2 Å². The Labute approximate surface area is 123 Å². The molecule has 3 aromatic rings. The number of aromatic nitrogens is 3. The SMILES string of the molecule is FC(F)(F)c1ccccc1Cn1c(=S)[nH]c2cccnc21. The lowest BCUT2D eigenvalue weighted by molar-refractivity contribution is -0.138. The third-order valence-electron chi connectivity index (χ3n) is 3.18. The van der Waals surface area contributed by atoms with Gasteiger partial charge in [0.05, 0.1) is 17.6 Å². The highest BCUT2D eigenvalue weighted by atomic mass is 32.1. The molecule has 0 saturated heterocycles. The summed E-state index contributed by atoms with van der Waals surface area (Å²) in [5, 5.41) is 0. The molecule has 1 N–H and O–H groups in total. The van der Waals surface area contributed by atoms with Crippen LogP contribution in [0.3, 0.4) is 0 Å². The third kappa shape index (κ3) is 2.56. The van der Waals surface area contributed by atoms with Gasteiger partial charge in [0, 0.05) is 6.20 Å². The molecule has 0 amide bonds. The summed E-state index contributed by atoms with van der Waals surface area (Å²) in [5.41, 5.74) is 0.747. The molecule has 21 heavy (non-hydrogen) atoms. The number of hydrogen-bond acceptors (Lipinski definition) is 2. The van der Waals surface area contributed by atoms with Crippen molar-refractivity contribution in [3.63, 3.8) is 0 Å². The third-order valence-corrected chi connectivity index (χ3v) is 3.50. The molecule has 0 bridgehead atoms. The minimum atomic E-state index is -4.39. The number of nitrogens with zero attached hydrogens (tertiary/aromatic N) is 2. The van der Waals surface area contributed by atoms with Crippen molar-refractivity contribution < 1.29 is 13.2 Å². The van der Waals surface area contributed by atoms with Crippen LogP contribution in [0.4, 0.5) is 13.2 Å². The number of alkyl halides is 3. The fourth-order valence-corrected chi connectivity index (χ4v) is 2.50. The van der Waals surface area contributed by atoms with E-state index in [0.717, 1.165) is 6.07 Å². The highest BCUT2D eigenvalue weighted by Crippen LogP contribution is 2.32. The van der Waals surface area contributed by atoms with E-state index < -0.39 is 11.7 Å². The maximum Gasteiger partial charge on any atom is 0.416 e. The Kier molecular flexibility index (Phi) is 3.29. The van der Waals surface area contributed by atoms with Crippen LogP contribution in [0.2, 0.25) is 0 Å². The Hall–Kier alpha value is -2.15. The summed E-state index contributed by atoms with van der Waals surface area (Å²) >= 11 is 5.17. The molecule has 1 aromatic carbocycles. The second-order valence-corrected chi connectivity index (χ2v) is 4.93. The van der Waals surface area contributed by atoms with Gasteiger partial charge >= 0.3 is 6.18 Å². The van der Waals surface area contributed by atoms with E-state index >= 15 is 0 Å². The molecule has 0 aliphatic heterocycles. The van der Waals surface area contributed by atoms with E-state index in [0.29, 0.717) is 15.9 Å². The van der Waals surface area contributed by atoms with Crippen LogP contribution in [0.15, 0.2) is 42.6 Å². The van der Waals surface area contributed by atoms with Crippen molar-refractivity contribution in [2.45, 2.75) is 12.7 Å². The first-order valence-electron chi connectivity index (χ1n) is 6.15. The normalized spacial score (nSPS) is 12.0. The second kappa shape index (κ2) is 5.00. The Morgan fingerprint density at radius 2 is 1.90 bits per heavy atom. The average Bonchev–Trinajstić information content (AvgIpc) is 2.75. The molecule has 108 valence electrons. The van der Waals surface area contributed by atoms with Crippen molar-refractivity contribution in [1.29, 1.82) is 0 Å². The van der Waals surface area contributed by atoms with E-state index in [1.165, 1.54) is 12.1 Å². The van der Waals surface area contributed by atoms with Gasteiger partial charge in [0.25, 0.3) is 0 Å². The Morgan fingerprint density at radius 3 is 2.67 bits per heavy atom. The van der Waals surface area contributed by atoms with Gasteiger partial charge in [-0.1, -0.05) is 18.2 Å². The molecule has 0 atom stereocenters. The highest BCUT2D eigenvalue weighted by molar-refractivity contribution is 7.71. The van der Waals surface area contributed by atoms with Crippen molar-refractivity contribution >= 4 is 23.4 Å². The number of imidazole rings is 1. The molecule has 7 heteroatoms. The molecule has 0 aliphatic carbocycles. The summed E-state index contributed by atoms with van der Waals surface area (Å²) in [7, 11) is 0. The van der Waals surface area contributed by atoms with Crippen LogP contribution in [0.1, 0.15) is 11.1 Å². The monoisotopic (exact) mass is 309 g/mol. The fourth-order valence-electron chi connectivity index (χ4n) is 2.24. The van der Waals surface area contributed by atoms with Crippen molar-refractivity contribution in [2.75, 3.05) is 0 Å². The quantitative estimate of drug-likeness (QED) is 0.721. The molecule has 0 saturated carbocycles. The smallest absolute Gasteiger partial charge is 0.329 e.